The monoisotopic (exact) mass is 483 g/mol. The van der Waals surface area contributed by atoms with Gasteiger partial charge in [0.2, 0.25) is 10.0 Å². The molecule has 0 radical (unpaired) electrons. The van der Waals surface area contributed by atoms with Crippen molar-refractivity contribution < 1.29 is 8.42 Å². The first-order valence-electron chi connectivity index (χ1n) is 11.2. The first-order valence-corrected chi connectivity index (χ1v) is 12.7. The highest BCUT2D eigenvalue weighted by molar-refractivity contribution is 7.89. The Morgan fingerprint density at radius 3 is 1.80 bits per heavy atom. The van der Waals surface area contributed by atoms with E-state index in [9.17, 15) is 8.42 Å². The smallest absolute Gasteiger partial charge is 0.243 e. The Hall–Kier alpha value is -3.95. The minimum Gasteiger partial charge on any atom is -0.360 e. The molecular weight excluding hydrogens is 458 g/mol. The van der Waals surface area contributed by atoms with Gasteiger partial charge in [-0.25, -0.2) is 8.42 Å². The molecular formula is C27H25N5O2S. The lowest BCUT2D eigenvalue weighted by atomic mass is 9.96. The average molecular weight is 484 g/mol. The van der Waals surface area contributed by atoms with Gasteiger partial charge in [0.25, 0.3) is 0 Å². The van der Waals surface area contributed by atoms with E-state index in [1.165, 1.54) is 33.8 Å². The summed E-state index contributed by atoms with van der Waals surface area (Å²) in [4.78, 5) is 2.54. The Labute approximate surface area is 206 Å². The minimum absolute atomic E-state index is 0.0624. The van der Waals surface area contributed by atoms with Gasteiger partial charge in [-0.05, 0) is 35.4 Å². The molecule has 1 aliphatic rings. The molecule has 1 N–H and O–H groups in total. The second-order valence-corrected chi connectivity index (χ2v) is 10.1. The number of benzene rings is 3. The maximum atomic E-state index is 13.3. The van der Waals surface area contributed by atoms with E-state index < -0.39 is 10.0 Å². The summed E-state index contributed by atoms with van der Waals surface area (Å²) in [6.45, 7) is 2.02. The van der Waals surface area contributed by atoms with Gasteiger partial charge in [-0.15, -0.1) is 0 Å². The molecule has 7 nitrogen and oxygen atoms in total. The normalized spacial score (nSPS) is 14.6. The summed E-state index contributed by atoms with van der Waals surface area (Å²) >= 11 is 0. The lowest BCUT2D eigenvalue weighted by Crippen LogP contribution is -2.49. The maximum Gasteiger partial charge on any atom is 0.243 e. The van der Waals surface area contributed by atoms with Crippen LogP contribution in [0.5, 0.6) is 0 Å². The summed E-state index contributed by atoms with van der Waals surface area (Å²) in [6, 6.07) is 30.5. The van der Waals surface area contributed by atoms with Crippen molar-refractivity contribution >= 4 is 15.7 Å². The zero-order valence-electron chi connectivity index (χ0n) is 19.1. The first-order chi connectivity index (χ1) is 17.0. The topological polar surface area (TPSA) is 100 Å². The Morgan fingerprint density at radius 2 is 1.31 bits per heavy atom. The van der Waals surface area contributed by atoms with E-state index in [2.05, 4.69) is 34.5 Å². The van der Waals surface area contributed by atoms with Gasteiger partial charge in [0.15, 0.2) is 0 Å². The Bertz CT molecular complexity index is 1300. The Balaban J connectivity index is 1.47. The molecule has 0 spiro atoms. The number of allylic oxidation sites excluding steroid dienone is 1. The predicted octanol–water partition coefficient (Wildman–Crippen LogP) is 4.13. The van der Waals surface area contributed by atoms with Crippen LogP contribution in [0.25, 0.3) is 0 Å². The number of anilines is 1. The fraction of sp³-hybridized carbons (Fsp3) is 0.185. The van der Waals surface area contributed by atoms with Crippen molar-refractivity contribution in [3.63, 3.8) is 0 Å². The van der Waals surface area contributed by atoms with Crippen LogP contribution in [0, 0.1) is 22.7 Å². The van der Waals surface area contributed by atoms with Crippen molar-refractivity contribution in [2.24, 2.45) is 0 Å². The molecule has 0 bridgehead atoms. The highest BCUT2D eigenvalue weighted by Crippen LogP contribution is 2.30. The lowest BCUT2D eigenvalue weighted by Gasteiger charge is -2.39. The molecule has 8 heteroatoms. The molecule has 1 heterocycles. The zero-order chi connectivity index (χ0) is 24.7. The fourth-order valence-electron chi connectivity index (χ4n) is 4.20. The van der Waals surface area contributed by atoms with E-state index in [1.54, 1.807) is 24.3 Å². The number of nitrogens with one attached hydrogen (secondary N) is 1. The highest BCUT2D eigenvalue weighted by atomic mass is 32.2. The van der Waals surface area contributed by atoms with Crippen LogP contribution in [0.1, 0.15) is 17.2 Å². The largest absolute Gasteiger partial charge is 0.360 e. The van der Waals surface area contributed by atoms with E-state index in [1.807, 2.05) is 36.4 Å². The van der Waals surface area contributed by atoms with Gasteiger partial charge in [0, 0.05) is 38.1 Å². The van der Waals surface area contributed by atoms with Crippen LogP contribution in [0.2, 0.25) is 0 Å². The van der Waals surface area contributed by atoms with Crippen molar-refractivity contribution in [1.29, 1.82) is 10.5 Å². The fourth-order valence-corrected chi connectivity index (χ4v) is 5.63. The molecule has 0 aliphatic carbocycles. The van der Waals surface area contributed by atoms with E-state index in [-0.39, 0.29) is 16.5 Å². The number of piperazine rings is 1. The molecule has 0 saturated carbocycles. The maximum absolute atomic E-state index is 13.3. The standard InChI is InChI=1S/C27H25N5O2S/c28-19-22(20-29)21-30-25-11-13-26(14-12-25)35(33,34)32-17-15-31(16-18-32)27(23-7-3-1-4-8-23)24-9-5-2-6-10-24/h1-14,21,27,30H,15-18H2. The van der Waals surface area contributed by atoms with Crippen LogP contribution in [0.4, 0.5) is 5.69 Å². The van der Waals surface area contributed by atoms with Crippen LogP contribution in [-0.4, -0.2) is 43.8 Å². The van der Waals surface area contributed by atoms with E-state index in [4.69, 9.17) is 10.5 Å². The molecule has 0 amide bonds. The molecule has 1 fully saturated rings. The third-order valence-corrected chi connectivity index (χ3v) is 7.90. The number of rotatable bonds is 7. The molecule has 35 heavy (non-hydrogen) atoms. The number of nitriles is 2. The van der Waals surface area contributed by atoms with E-state index in [0.29, 0.717) is 31.9 Å². The quantitative estimate of drug-likeness (QED) is 0.507. The Kier molecular flexibility index (Phi) is 7.59. The summed E-state index contributed by atoms with van der Waals surface area (Å²) in [5.74, 6) is 0. The second kappa shape index (κ2) is 11.0. The van der Waals surface area contributed by atoms with Crippen LogP contribution >= 0.6 is 0 Å². The minimum atomic E-state index is -3.64. The molecule has 176 valence electrons. The summed E-state index contributed by atoms with van der Waals surface area (Å²) < 4.78 is 28.1. The number of sulfonamides is 1. The van der Waals surface area contributed by atoms with E-state index >= 15 is 0 Å². The van der Waals surface area contributed by atoms with Crippen LogP contribution in [0.3, 0.4) is 0 Å². The van der Waals surface area contributed by atoms with Crippen molar-refractivity contribution in [2.75, 3.05) is 31.5 Å². The zero-order valence-corrected chi connectivity index (χ0v) is 19.9. The SMILES string of the molecule is N#CC(C#N)=CNc1ccc(S(=O)(=O)N2CCN(C(c3ccccc3)c3ccccc3)CC2)cc1. The number of hydrogen-bond donors (Lipinski definition) is 1. The number of nitrogens with zero attached hydrogens (tertiary/aromatic N) is 4. The lowest BCUT2D eigenvalue weighted by molar-refractivity contribution is 0.156. The van der Waals surface area contributed by atoms with Gasteiger partial charge in [-0.1, -0.05) is 60.7 Å². The van der Waals surface area contributed by atoms with Gasteiger partial charge in [0.05, 0.1) is 10.9 Å². The third kappa shape index (κ3) is 5.59. The second-order valence-electron chi connectivity index (χ2n) is 8.11. The van der Waals surface area contributed by atoms with Crippen molar-refractivity contribution in [1.82, 2.24) is 9.21 Å². The molecule has 0 unspecified atom stereocenters. The molecule has 1 aliphatic heterocycles. The van der Waals surface area contributed by atoms with Crippen LogP contribution in [-0.2, 0) is 10.0 Å². The molecule has 0 aromatic heterocycles. The van der Waals surface area contributed by atoms with Gasteiger partial charge in [0.1, 0.15) is 17.7 Å². The molecule has 1 saturated heterocycles. The van der Waals surface area contributed by atoms with Crippen LogP contribution < -0.4 is 5.32 Å². The first kappa shape index (κ1) is 24.2. The highest BCUT2D eigenvalue weighted by Gasteiger charge is 2.32. The predicted molar refractivity (Wildman–Crippen MR) is 134 cm³/mol. The van der Waals surface area contributed by atoms with Gasteiger partial charge >= 0.3 is 0 Å². The third-order valence-electron chi connectivity index (χ3n) is 5.99. The Morgan fingerprint density at radius 1 is 0.800 bits per heavy atom. The van der Waals surface area contributed by atoms with Crippen molar-refractivity contribution in [3.05, 3.63) is 108 Å². The van der Waals surface area contributed by atoms with E-state index in [0.717, 1.165) is 0 Å². The van der Waals surface area contributed by atoms with Crippen LogP contribution in [0.15, 0.2) is 102 Å². The summed E-state index contributed by atoms with van der Waals surface area (Å²) in [5.41, 5.74) is 2.89. The summed E-state index contributed by atoms with van der Waals surface area (Å²) in [7, 11) is -3.64. The molecule has 4 rings (SSSR count). The molecule has 3 aromatic carbocycles. The molecule has 0 atom stereocenters. The summed E-state index contributed by atoms with van der Waals surface area (Å²) in [6.07, 6.45) is 1.29. The molecule has 3 aromatic rings. The van der Waals surface area contributed by atoms with Gasteiger partial charge in [-0.3, -0.25) is 4.90 Å². The van der Waals surface area contributed by atoms with Crippen molar-refractivity contribution in [2.45, 2.75) is 10.9 Å². The van der Waals surface area contributed by atoms with Gasteiger partial charge in [-0.2, -0.15) is 14.8 Å². The number of hydrogen-bond acceptors (Lipinski definition) is 6. The summed E-state index contributed by atoms with van der Waals surface area (Å²) in [5, 5.41) is 20.5. The van der Waals surface area contributed by atoms with Gasteiger partial charge < -0.3 is 5.32 Å². The average Bonchev–Trinajstić information content (AvgIpc) is 2.91. The van der Waals surface area contributed by atoms with Crippen molar-refractivity contribution in [3.8, 4) is 12.1 Å².